The van der Waals surface area contributed by atoms with Gasteiger partial charge in [0.2, 0.25) is 0 Å². The van der Waals surface area contributed by atoms with E-state index in [1.165, 1.54) is 21.3 Å². The van der Waals surface area contributed by atoms with E-state index in [4.69, 9.17) is 24.1 Å². The van der Waals surface area contributed by atoms with Crippen LogP contribution < -0.4 is 0 Å². The van der Waals surface area contributed by atoms with E-state index in [1.807, 2.05) is 0 Å². The van der Waals surface area contributed by atoms with Crippen molar-refractivity contribution in [3.05, 3.63) is 0 Å². The number of hydrogen-bond acceptors (Lipinski definition) is 6. The lowest BCUT2D eigenvalue weighted by atomic mass is 9.99. The highest BCUT2D eigenvalue weighted by molar-refractivity contribution is 4.90. The molecule has 2 N–H and O–H groups in total. The summed E-state index contributed by atoms with van der Waals surface area (Å²) in [6.45, 7) is -0.294. The van der Waals surface area contributed by atoms with E-state index in [0.717, 1.165) is 0 Å². The number of aliphatic hydroxyl groups is 2. The van der Waals surface area contributed by atoms with Crippen LogP contribution in [0.25, 0.3) is 0 Å². The third-order valence-corrected chi connectivity index (χ3v) is 2.58. The van der Waals surface area contributed by atoms with Crippen LogP contribution in [0, 0.1) is 0 Å². The minimum Gasteiger partial charge on any atom is -0.394 e. The Kier molecular flexibility index (Phi) is 4.91. The molecule has 15 heavy (non-hydrogen) atoms. The Bertz CT molecular complexity index is 187. The number of rotatable bonds is 4. The second-order valence-electron chi connectivity index (χ2n) is 3.35. The summed E-state index contributed by atoms with van der Waals surface area (Å²) in [5.41, 5.74) is 0. The van der Waals surface area contributed by atoms with Crippen molar-refractivity contribution in [2.24, 2.45) is 0 Å². The van der Waals surface area contributed by atoms with Crippen LogP contribution in [-0.4, -0.2) is 68.9 Å². The zero-order valence-corrected chi connectivity index (χ0v) is 9.12. The molecule has 0 saturated carbocycles. The predicted octanol–water partition coefficient (Wildman–Crippen LogP) is -1.26. The first-order chi connectivity index (χ1) is 7.19. The summed E-state index contributed by atoms with van der Waals surface area (Å²) in [7, 11) is 4.42. The molecule has 1 fully saturated rings. The van der Waals surface area contributed by atoms with Gasteiger partial charge >= 0.3 is 0 Å². The van der Waals surface area contributed by atoms with Crippen molar-refractivity contribution >= 4 is 0 Å². The van der Waals surface area contributed by atoms with Gasteiger partial charge in [0.25, 0.3) is 0 Å². The molecule has 1 saturated heterocycles. The lowest BCUT2D eigenvalue weighted by molar-refractivity contribution is -0.303. The number of hydrogen-bond donors (Lipinski definition) is 2. The van der Waals surface area contributed by atoms with Crippen LogP contribution in [0.2, 0.25) is 0 Å². The van der Waals surface area contributed by atoms with Gasteiger partial charge in [0, 0.05) is 21.3 Å². The van der Waals surface area contributed by atoms with Gasteiger partial charge in [-0.3, -0.25) is 0 Å². The van der Waals surface area contributed by atoms with E-state index in [1.54, 1.807) is 0 Å². The summed E-state index contributed by atoms with van der Waals surface area (Å²) in [4.78, 5) is 0. The molecule has 0 bridgehead atoms. The topological polar surface area (TPSA) is 77.4 Å². The Labute approximate surface area is 88.7 Å². The summed E-state index contributed by atoms with van der Waals surface area (Å²) in [5.74, 6) is 0. The third kappa shape index (κ3) is 2.47. The monoisotopic (exact) mass is 222 g/mol. The summed E-state index contributed by atoms with van der Waals surface area (Å²) in [6, 6.07) is 0. The van der Waals surface area contributed by atoms with Crippen LogP contribution in [-0.2, 0) is 18.9 Å². The average Bonchev–Trinajstić information content (AvgIpc) is 2.28. The molecule has 0 spiro atoms. The molecule has 2 unspecified atom stereocenters. The average molecular weight is 222 g/mol. The van der Waals surface area contributed by atoms with Crippen molar-refractivity contribution in [3.63, 3.8) is 0 Å². The molecule has 1 heterocycles. The predicted molar refractivity (Wildman–Crippen MR) is 50.4 cm³/mol. The number of aliphatic hydroxyl groups excluding tert-OH is 2. The number of methoxy groups -OCH3 is 3. The smallest absolute Gasteiger partial charge is 0.186 e. The highest BCUT2D eigenvalue weighted by Crippen LogP contribution is 2.25. The molecule has 0 aromatic carbocycles. The SMILES string of the molecule is COC1[C@@H](OC)OC(CO)[C@@H](O)[C@@H]1OC. The Morgan fingerprint density at radius 2 is 1.67 bits per heavy atom. The zero-order chi connectivity index (χ0) is 11.4. The summed E-state index contributed by atoms with van der Waals surface area (Å²) >= 11 is 0. The number of ether oxygens (including phenoxy) is 4. The van der Waals surface area contributed by atoms with Crippen molar-refractivity contribution in [1.29, 1.82) is 0 Å². The van der Waals surface area contributed by atoms with Gasteiger partial charge in [0.05, 0.1) is 6.61 Å². The molecule has 1 rings (SSSR count). The second-order valence-corrected chi connectivity index (χ2v) is 3.35. The van der Waals surface area contributed by atoms with Crippen LogP contribution in [0.1, 0.15) is 0 Å². The molecule has 0 aromatic rings. The van der Waals surface area contributed by atoms with Crippen molar-refractivity contribution in [2.75, 3.05) is 27.9 Å². The Hall–Kier alpha value is -0.240. The molecule has 5 atom stereocenters. The Morgan fingerprint density at radius 1 is 1.07 bits per heavy atom. The Morgan fingerprint density at radius 3 is 2.07 bits per heavy atom. The highest BCUT2D eigenvalue weighted by atomic mass is 16.7. The molecular weight excluding hydrogens is 204 g/mol. The molecule has 6 heteroatoms. The van der Waals surface area contributed by atoms with E-state index >= 15 is 0 Å². The quantitative estimate of drug-likeness (QED) is 0.618. The third-order valence-electron chi connectivity index (χ3n) is 2.58. The molecule has 6 nitrogen and oxygen atoms in total. The minimum absolute atomic E-state index is 0.294. The summed E-state index contributed by atoms with van der Waals surface area (Å²) in [6.07, 6.45) is -3.40. The molecule has 90 valence electrons. The second kappa shape index (κ2) is 5.74. The zero-order valence-electron chi connectivity index (χ0n) is 9.12. The van der Waals surface area contributed by atoms with E-state index in [-0.39, 0.29) is 6.61 Å². The van der Waals surface area contributed by atoms with E-state index in [2.05, 4.69) is 0 Å². The maximum Gasteiger partial charge on any atom is 0.186 e. The van der Waals surface area contributed by atoms with E-state index in [9.17, 15) is 5.11 Å². The van der Waals surface area contributed by atoms with Crippen molar-refractivity contribution in [2.45, 2.75) is 30.7 Å². The first kappa shape index (κ1) is 12.8. The van der Waals surface area contributed by atoms with Crippen LogP contribution in [0.4, 0.5) is 0 Å². The highest BCUT2D eigenvalue weighted by Gasteiger charge is 2.45. The molecule has 0 aromatic heterocycles. The standard InChI is InChI=1S/C9H18O6/c1-12-7-6(11)5(4-10)15-9(14-3)8(7)13-2/h5-11H,4H2,1-3H3/t5?,6-,7+,8?,9+/m1/s1. The largest absolute Gasteiger partial charge is 0.394 e. The molecule has 1 aliphatic heterocycles. The lowest BCUT2D eigenvalue weighted by Crippen LogP contribution is -2.60. The van der Waals surface area contributed by atoms with Gasteiger partial charge in [-0.15, -0.1) is 0 Å². The fourth-order valence-electron chi connectivity index (χ4n) is 1.75. The van der Waals surface area contributed by atoms with Gasteiger partial charge in [-0.05, 0) is 0 Å². The normalized spacial score (nSPS) is 41.8. The maximum absolute atomic E-state index is 9.80. The van der Waals surface area contributed by atoms with Gasteiger partial charge in [-0.2, -0.15) is 0 Å². The lowest BCUT2D eigenvalue weighted by Gasteiger charge is -2.42. The van der Waals surface area contributed by atoms with Crippen molar-refractivity contribution < 1.29 is 29.2 Å². The van der Waals surface area contributed by atoms with Crippen LogP contribution in [0.5, 0.6) is 0 Å². The molecule has 0 radical (unpaired) electrons. The van der Waals surface area contributed by atoms with Gasteiger partial charge < -0.3 is 29.2 Å². The first-order valence-corrected chi connectivity index (χ1v) is 4.72. The summed E-state index contributed by atoms with van der Waals surface area (Å²) < 4.78 is 20.6. The van der Waals surface area contributed by atoms with Gasteiger partial charge in [-0.25, -0.2) is 0 Å². The van der Waals surface area contributed by atoms with Gasteiger partial charge in [-0.1, -0.05) is 0 Å². The molecule has 0 amide bonds. The van der Waals surface area contributed by atoms with Gasteiger partial charge in [0.15, 0.2) is 6.29 Å². The minimum atomic E-state index is -0.934. The van der Waals surface area contributed by atoms with Gasteiger partial charge in [0.1, 0.15) is 24.4 Å². The Balaban J connectivity index is 2.78. The summed E-state index contributed by atoms with van der Waals surface area (Å²) in [5, 5.41) is 18.8. The first-order valence-electron chi connectivity index (χ1n) is 4.72. The van der Waals surface area contributed by atoms with Crippen LogP contribution >= 0.6 is 0 Å². The van der Waals surface area contributed by atoms with Crippen molar-refractivity contribution in [3.8, 4) is 0 Å². The fourth-order valence-corrected chi connectivity index (χ4v) is 1.75. The molecular formula is C9H18O6. The maximum atomic E-state index is 9.80. The fraction of sp³-hybridized carbons (Fsp3) is 1.00. The van der Waals surface area contributed by atoms with Crippen molar-refractivity contribution in [1.82, 2.24) is 0 Å². The van der Waals surface area contributed by atoms with E-state index in [0.29, 0.717) is 0 Å². The molecule has 0 aliphatic carbocycles. The molecule has 1 aliphatic rings. The van der Waals surface area contributed by atoms with Crippen LogP contribution in [0.3, 0.4) is 0 Å². The van der Waals surface area contributed by atoms with E-state index < -0.39 is 30.7 Å². The van der Waals surface area contributed by atoms with Crippen LogP contribution in [0.15, 0.2) is 0 Å².